The highest BCUT2D eigenvalue weighted by molar-refractivity contribution is 5.25. The minimum atomic E-state index is -0.0854. The molecule has 0 spiro atoms. The summed E-state index contributed by atoms with van der Waals surface area (Å²) >= 11 is 0. The summed E-state index contributed by atoms with van der Waals surface area (Å²) in [4.78, 5) is 0. The molecule has 3 heteroatoms. The molecule has 1 rings (SSSR count). The number of ether oxygens (including phenoxy) is 2. The van der Waals surface area contributed by atoms with Crippen molar-refractivity contribution in [2.24, 2.45) is 5.73 Å². The van der Waals surface area contributed by atoms with Crippen molar-refractivity contribution in [3.8, 4) is 0 Å². The lowest BCUT2D eigenvalue weighted by Gasteiger charge is -2.21. The van der Waals surface area contributed by atoms with Gasteiger partial charge in [-0.3, -0.25) is 0 Å². The van der Waals surface area contributed by atoms with Gasteiger partial charge >= 0.3 is 0 Å². The van der Waals surface area contributed by atoms with Crippen LogP contribution in [-0.2, 0) is 15.9 Å². The van der Waals surface area contributed by atoms with Crippen molar-refractivity contribution in [2.45, 2.75) is 32.4 Å². The molecule has 0 fully saturated rings. The van der Waals surface area contributed by atoms with E-state index in [2.05, 4.69) is 31.2 Å². The van der Waals surface area contributed by atoms with E-state index in [4.69, 9.17) is 15.2 Å². The van der Waals surface area contributed by atoms with Crippen molar-refractivity contribution >= 4 is 0 Å². The lowest BCUT2D eigenvalue weighted by molar-refractivity contribution is 0.0139. The maximum Gasteiger partial charge on any atom is 0.0740 e. The summed E-state index contributed by atoms with van der Waals surface area (Å²) < 4.78 is 10.5. The number of methoxy groups -OCH3 is 1. The van der Waals surface area contributed by atoms with Crippen LogP contribution in [0.15, 0.2) is 24.3 Å². The molecule has 2 N–H and O–H groups in total. The molecular formula is C14H23NO2. The van der Waals surface area contributed by atoms with Gasteiger partial charge < -0.3 is 15.2 Å². The number of nitrogens with two attached hydrogens (primary N) is 1. The molecule has 0 saturated heterocycles. The van der Waals surface area contributed by atoms with Crippen molar-refractivity contribution < 1.29 is 9.47 Å². The molecule has 0 saturated carbocycles. The fourth-order valence-corrected chi connectivity index (χ4v) is 1.67. The Balaban J connectivity index is 2.52. The van der Waals surface area contributed by atoms with Crippen LogP contribution in [0.5, 0.6) is 0 Å². The molecule has 0 aliphatic heterocycles. The van der Waals surface area contributed by atoms with Gasteiger partial charge in [0.05, 0.1) is 25.4 Å². The van der Waals surface area contributed by atoms with Crippen LogP contribution in [0.2, 0.25) is 0 Å². The summed E-state index contributed by atoms with van der Waals surface area (Å²) in [6, 6.07) is 8.32. The average molecular weight is 237 g/mol. The van der Waals surface area contributed by atoms with E-state index >= 15 is 0 Å². The predicted molar refractivity (Wildman–Crippen MR) is 70.0 cm³/mol. The zero-order valence-electron chi connectivity index (χ0n) is 11.0. The summed E-state index contributed by atoms with van der Waals surface area (Å²) in [5.41, 5.74) is 8.59. The van der Waals surface area contributed by atoms with E-state index in [9.17, 15) is 0 Å². The Morgan fingerprint density at radius 3 is 2.35 bits per heavy atom. The van der Waals surface area contributed by atoms with Crippen molar-refractivity contribution in [1.29, 1.82) is 0 Å². The molecule has 96 valence electrons. The summed E-state index contributed by atoms with van der Waals surface area (Å²) in [6.45, 7) is 5.32. The Bertz CT molecular complexity index is 311. The van der Waals surface area contributed by atoms with Gasteiger partial charge in [-0.15, -0.1) is 0 Å². The van der Waals surface area contributed by atoms with Gasteiger partial charge in [0.25, 0.3) is 0 Å². The van der Waals surface area contributed by atoms with Gasteiger partial charge in [-0.25, -0.2) is 0 Å². The summed E-state index contributed by atoms with van der Waals surface area (Å²) in [5.74, 6) is 0. The number of rotatable bonds is 7. The maximum atomic E-state index is 6.15. The van der Waals surface area contributed by atoms with Crippen LogP contribution in [-0.4, -0.2) is 26.4 Å². The SMILES string of the molecule is CCc1ccc(C(N)C(C)OCCOC)cc1. The van der Waals surface area contributed by atoms with Gasteiger partial charge in [-0.1, -0.05) is 31.2 Å². The quantitative estimate of drug-likeness (QED) is 0.740. The highest BCUT2D eigenvalue weighted by atomic mass is 16.5. The second kappa shape index (κ2) is 7.43. The Labute approximate surface area is 104 Å². The highest BCUT2D eigenvalue weighted by Gasteiger charge is 2.14. The number of hydrogen-bond acceptors (Lipinski definition) is 3. The minimum Gasteiger partial charge on any atom is -0.382 e. The fraction of sp³-hybridized carbons (Fsp3) is 0.571. The van der Waals surface area contributed by atoms with Crippen LogP contribution >= 0.6 is 0 Å². The zero-order chi connectivity index (χ0) is 12.7. The summed E-state index contributed by atoms with van der Waals surface area (Å²) in [6.07, 6.45) is 1.05. The highest BCUT2D eigenvalue weighted by Crippen LogP contribution is 2.17. The molecule has 0 radical (unpaired) electrons. The third-order valence-electron chi connectivity index (χ3n) is 2.95. The Morgan fingerprint density at radius 1 is 1.18 bits per heavy atom. The zero-order valence-corrected chi connectivity index (χ0v) is 11.0. The molecule has 3 nitrogen and oxygen atoms in total. The van der Waals surface area contributed by atoms with Gasteiger partial charge in [0.1, 0.15) is 0 Å². The standard InChI is InChI=1S/C14H23NO2/c1-4-12-5-7-13(8-6-12)14(15)11(2)17-10-9-16-3/h5-8,11,14H,4,9-10,15H2,1-3H3. The van der Waals surface area contributed by atoms with Gasteiger partial charge in [-0.2, -0.15) is 0 Å². The molecule has 0 amide bonds. The van der Waals surface area contributed by atoms with E-state index in [1.807, 2.05) is 6.92 Å². The normalized spacial score (nSPS) is 14.6. The predicted octanol–water partition coefficient (Wildman–Crippen LogP) is 2.30. The van der Waals surface area contributed by atoms with Crippen LogP contribution in [0, 0.1) is 0 Å². The second-order valence-corrected chi connectivity index (χ2v) is 4.19. The first-order valence-corrected chi connectivity index (χ1v) is 6.14. The van der Waals surface area contributed by atoms with Crippen LogP contribution < -0.4 is 5.73 Å². The van der Waals surface area contributed by atoms with Gasteiger partial charge in [0, 0.05) is 7.11 Å². The van der Waals surface area contributed by atoms with E-state index in [1.54, 1.807) is 7.11 Å². The van der Waals surface area contributed by atoms with Crippen LogP contribution in [0.1, 0.15) is 31.0 Å². The Hall–Kier alpha value is -0.900. The number of hydrogen-bond donors (Lipinski definition) is 1. The van der Waals surface area contributed by atoms with Crippen LogP contribution in [0.4, 0.5) is 0 Å². The first kappa shape index (κ1) is 14.2. The van der Waals surface area contributed by atoms with E-state index in [0.717, 1.165) is 12.0 Å². The first-order valence-electron chi connectivity index (χ1n) is 6.14. The van der Waals surface area contributed by atoms with Crippen molar-refractivity contribution in [3.63, 3.8) is 0 Å². The van der Waals surface area contributed by atoms with E-state index < -0.39 is 0 Å². The minimum absolute atomic E-state index is 0.00220. The first-order chi connectivity index (χ1) is 8.19. The molecule has 0 heterocycles. The Kier molecular flexibility index (Phi) is 6.19. The van der Waals surface area contributed by atoms with Crippen LogP contribution in [0.25, 0.3) is 0 Å². The smallest absolute Gasteiger partial charge is 0.0740 e. The molecule has 2 unspecified atom stereocenters. The van der Waals surface area contributed by atoms with Gasteiger partial charge in [0.2, 0.25) is 0 Å². The molecule has 1 aromatic rings. The molecule has 0 aliphatic carbocycles. The summed E-state index contributed by atoms with van der Waals surface area (Å²) in [5, 5.41) is 0. The molecular weight excluding hydrogens is 214 g/mol. The molecule has 0 aliphatic rings. The third kappa shape index (κ3) is 4.46. The molecule has 2 atom stereocenters. The van der Waals surface area contributed by atoms with Crippen LogP contribution in [0.3, 0.4) is 0 Å². The molecule has 17 heavy (non-hydrogen) atoms. The molecule has 0 bridgehead atoms. The van der Waals surface area contributed by atoms with E-state index in [-0.39, 0.29) is 12.1 Å². The van der Waals surface area contributed by atoms with Crippen molar-refractivity contribution in [3.05, 3.63) is 35.4 Å². The molecule has 1 aromatic carbocycles. The lowest BCUT2D eigenvalue weighted by atomic mass is 10.0. The van der Waals surface area contributed by atoms with Gasteiger partial charge in [0.15, 0.2) is 0 Å². The monoisotopic (exact) mass is 237 g/mol. The van der Waals surface area contributed by atoms with E-state index in [0.29, 0.717) is 13.2 Å². The van der Waals surface area contributed by atoms with Crippen molar-refractivity contribution in [2.75, 3.05) is 20.3 Å². The molecule has 0 aromatic heterocycles. The lowest BCUT2D eigenvalue weighted by Crippen LogP contribution is -2.27. The number of benzene rings is 1. The third-order valence-corrected chi connectivity index (χ3v) is 2.95. The van der Waals surface area contributed by atoms with E-state index in [1.165, 1.54) is 5.56 Å². The van der Waals surface area contributed by atoms with Crippen molar-refractivity contribution in [1.82, 2.24) is 0 Å². The Morgan fingerprint density at radius 2 is 1.82 bits per heavy atom. The largest absolute Gasteiger partial charge is 0.382 e. The second-order valence-electron chi connectivity index (χ2n) is 4.19. The van der Waals surface area contributed by atoms with Gasteiger partial charge in [-0.05, 0) is 24.5 Å². The maximum absolute atomic E-state index is 6.15. The number of aryl methyl sites for hydroxylation is 1. The topological polar surface area (TPSA) is 44.5 Å². The summed E-state index contributed by atoms with van der Waals surface area (Å²) in [7, 11) is 1.66. The average Bonchev–Trinajstić information content (AvgIpc) is 2.38. The fourth-order valence-electron chi connectivity index (χ4n) is 1.67.